The number of hydrogen-bond donors (Lipinski definition) is 1. The maximum atomic E-state index is 11.6. The van der Waals surface area contributed by atoms with Crippen molar-refractivity contribution in [3.05, 3.63) is 62.6 Å². The summed E-state index contributed by atoms with van der Waals surface area (Å²) >= 11 is 3.26. The van der Waals surface area contributed by atoms with E-state index in [1.807, 2.05) is 0 Å². The molecule has 2 rings (SSSR count). The van der Waals surface area contributed by atoms with Gasteiger partial charge in [0.05, 0.1) is 4.92 Å². The molecule has 0 fully saturated rings. The second kappa shape index (κ2) is 5.85. The third kappa shape index (κ3) is 3.82. The second-order valence-corrected chi connectivity index (χ2v) is 5.29. The average Bonchev–Trinajstić information content (AvgIpc) is 2.52. The highest BCUT2D eigenvalue weighted by molar-refractivity contribution is 9.10. The van der Waals surface area contributed by atoms with Crippen LogP contribution in [0.15, 0.2) is 46.9 Å². The van der Waals surface area contributed by atoms with E-state index in [9.17, 15) is 10.1 Å². The molecular formula is C16H17BrN2O2. The summed E-state index contributed by atoms with van der Waals surface area (Å²) in [5.74, 6) is 0. The van der Waals surface area contributed by atoms with Gasteiger partial charge in [-0.3, -0.25) is 10.1 Å². The molecule has 0 aromatic heterocycles. The number of nitrogens with zero attached hydrogens (tertiary/aromatic N) is 1. The van der Waals surface area contributed by atoms with Crippen LogP contribution in [0.3, 0.4) is 0 Å². The minimum atomic E-state index is -3.50. The lowest BCUT2D eigenvalue weighted by atomic mass is 9.86. The van der Waals surface area contributed by atoms with Crippen LogP contribution in [0.5, 0.6) is 0 Å². The van der Waals surface area contributed by atoms with Crippen molar-refractivity contribution in [2.45, 2.75) is 26.0 Å². The Hall–Kier alpha value is -1.88. The number of rotatable bonds is 3. The van der Waals surface area contributed by atoms with Gasteiger partial charge in [-0.25, -0.2) is 0 Å². The molecule has 0 saturated carbocycles. The third-order valence-electron chi connectivity index (χ3n) is 2.73. The van der Waals surface area contributed by atoms with Crippen molar-refractivity contribution in [1.82, 2.24) is 0 Å². The Morgan fingerprint density at radius 1 is 1.24 bits per heavy atom. The largest absolute Gasteiger partial charge is 0.350 e. The Balaban J connectivity index is 2.76. The van der Waals surface area contributed by atoms with Crippen molar-refractivity contribution in [1.29, 1.82) is 0 Å². The van der Waals surface area contributed by atoms with Crippen LogP contribution >= 0.6 is 15.9 Å². The van der Waals surface area contributed by atoms with E-state index in [0.29, 0.717) is 16.2 Å². The predicted molar refractivity (Wildman–Crippen MR) is 89.2 cm³/mol. The molecule has 0 aliphatic carbocycles. The smallest absolute Gasteiger partial charge is 0.292 e. The molecule has 0 aliphatic heterocycles. The fourth-order valence-electron chi connectivity index (χ4n) is 1.74. The van der Waals surface area contributed by atoms with Gasteiger partial charge >= 0.3 is 0 Å². The van der Waals surface area contributed by atoms with E-state index in [4.69, 9.17) is 12.3 Å². The second-order valence-electron chi connectivity index (χ2n) is 4.37. The maximum Gasteiger partial charge on any atom is 0.292 e. The fourth-order valence-corrected chi connectivity index (χ4v) is 2.14. The number of nitro benzene ring substituents is 1. The van der Waals surface area contributed by atoms with Crippen molar-refractivity contribution in [2.24, 2.45) is 0 Å². The molecule has 4 nitrogen and oxygen atoms in total. The first-order chi connectivity index (χ1) is 13.5. The standard InChI is InChI=1S/C16H17BrN2O2/c1-16(2,3)11-7-8-14(15(9-11)19(20)21)18-13-6-4-5-12(17)10-13/h4-10,18H,1-3H3/i1D3,2D3,3D3. The van der Waals surface area contributed by atoms with Gasteiger partial charge in [-0.05, 0) is 35.2 Å². The molecule has 0 unspecified atom stereocenters. The molecule has 2 aromatic rings. The first-order valence-corrected chi connectivity index (χ1v) is 6.63. The highest BCUT2D eigenvalue weighted by Gasteiger charge is 2.20. The third-order valence-corrected chi connectivity index (χ3v) is 3.22. The zero-order valence-electron chi connectivity index (χ0n) is 19.7. The van der Waals surface area contributed by atoms with E-state index in [1.165, 1.54) is 0 Å². The van der Waals surface area contributed by atoms with E-state index >= 15 is 0 Å². The normalized spacial score (nSPS) is 19.4. The van der Waals surface area contributed by atoms with Gasteiger partial charge in [-0.15, -0.1) is 0 Å². The summed E-state index contributed by atoms with van der Waals surface area (Å²) < 4.78 is 70.4. The quantitative estimate of drug-likeness (QED) is 0.590. The van der Waals surface area contributed by atoms with Crippen molar-refractivity contribution in [3.63, 3.8) is 0 Å². The highest BCUT2D eigenvalue weighted by Crippen LogP contribution is 2.33. The van der Waals surface area contributed by atoms with Crippen LogP contribution in [0.25, 0.3) is 0 Å². The van der Waals surface area contributed by atoms with Crippen LogP contribution in [-0.4, -0.2) is 4.92 Å². The molecule has 110 valence electrons. The summed E-state index contributed by atoms with van der Waals surface area (Å²) in [4.78, 5) is 10.8. The molecule has 0 amide bonds. The van der Waals surface area contributed by atoms with Crippen LogP contribution in [0.4, 0.5) is 17.1 Å². The fraction of sp³-hybridized carbons (Fsp3) is 0.250. The van der Waals surface area contributed by atoms with Crippen LogP contribution in [-0.2, 0) is 5.41 Å². The van der Waals surface area contributed by atoms with Crippen molar-refractivity contribution in [3.8, 4) is 0 Å². The summed E-state index contributed by atoms with van der Waals surface area (Å²) in [7, 11) is 0. The van der Waals surface area contributed by atoms with E-state index < -0.39 is 42.1 Å². The van der Waals surface area contributed by atoms with Gasteiger partial charge in [0.1, 0.15) is 5.69 Å². The first kappa shape index (κ1) is 7.40. The Morgan fingerprint density at radius 2 is 2.00 bits per heavy atom. The number of hydrogen-bond acceptors (Lipinski definition) is 3. The number of nitro groups is 1. The van der Waals surface area contributed by atoms with E-state index in [1.54, 1.807) is 24.3 Å². The monoisotopic (exact) mass is 357 g/mol. The number of nitrogens with one attached hydrogen (secondary N) is 1. The molecule has 0 saturated heterocycles. The molecule has 21 heavy (non-hydrogen) atoms. The summed E-state index contributed by atoms with van der Waals surface area (Å²) in [5.41, 5.74) is -4.25. The lowest BCUT2D eigenvalue weighted by Gasteiger charge is -2.19. The number of halogens is 1. The van der Waals surface area contributed by atoms with E-state index in [0.717, 1.165) is 12.1 Å². The molecule has 1 N–H and O–H groups in total. The van der Waals surface area contributed by atoms with Crippen LogP contribution in [0.2, 0.25) is 0 Å². The van der Waals surface area contributed by atoms with Gasteiger partial charge in [0.25, 0.3) is 5.69 Å². The molecule has 0 heterocycles. The van der Waals surface area contributed by atoms with Crippen molar-refractivity contribution >= 4 is 33.0 Å². The van der Waals surface area contributed by atoms with Crippen LogP contribution in [0.1, 0.15) is 38.5 Å². The number of anilines is 2. The lowest BCUT2D eigenvalue weighted by molar-refractivity contribution is -0.384. The van der Waals surface area contributed by atoms with Gasteiger partial charge in [-0.1, -0.05) is 48.6 Å². The van der Waals surface area contributed by atoms with Gasteiger partial charge in [-0.2, -0.15) is 0 Å². The van der Waals surface area contributed by atoms with Gasteiger partial charge in [0.15, 0.2) is 0 Å². The molecule has 2 aromatic carbocycles. The van der Waals surface area contributed by atoms with E-state index in [2.05, 4.69) is 21.2 Å². The summed E-state index contributed by atoms with van der Waals surface area (Å²) in [5, 5.41) is 14.4. The van der Waals surface area contributed by atoms with Crippen LogP contribution in [0, 0.1) is 10.1 Å². The highest BCUT2D eigenvalue weighted by atomic mass is 79.9. The Labute approximate surface area is 145 Å². The maximum absolute atomic E-state index is 11.6. The molecule has 0 bridgehead atoms. The topological polar surface area (TPSA) is 55.2 Å². The molecule has 0 spiro atoms. The molecule has 0 radical (unpaired) electrons. The summed E-state index contributed by atoms with van der Waals surface area (Å²) in [6, 6.07) is 9.46. The average molecular weight is 358 g/mol. The number of benzene rings is 2. The molecule has 0 atom stereocenters. The van der Waals surface area contributed by atoms with Crippen LogP contribution < -0.4 is 5.32 Å². The SMILES string of the molecule is [2H]C([2H])([2H])C(c1ccc(Nc2cccc(Br)c2)c([N+](=O)[O-])c1)(C([2H])([2H])[2H])C([2H])([2H])[2H]. The lowest BCUT2D eigenvalue weighted by Crippen LogP contribution is -2.11. The summed E-state index contributed by atoms with van der Waals surface area (Å²) in [6.45, 7) is -10.5. The minimum Gasteiger partial charge on any atom is -0.350 e. The first-order valence-electron chi connectivity index (χ1n) is 10.3. The Kier molecular flexibility index (Phi) is 2.06. The van der Waals surface area contributed by atoms with Gasteiger partial charge in [0, 0.05) is 28.6 Å². The minimum absolute atomic E-state index is 0.0580. The summed E-state index contributed by atoms with van der Waals surface area (Å²) in [6.07, 6.45) is 0. The Morgan fingerprint density at radius 3 is 2.62 bits per heavy atom. The van der Waals surface area contributed by atoms with Crippen molar-refractivity contribution < 1.29 is 17.3 Å². The molecular weight excluding hydrogens is 332 g/mol. The predicted octanol–water partition coefficient (Wildman–Crippen LogP) is 5.40. The van der Waals surface area contributed by atoms with Gasteiger partial charge < -0.3 is 5.32 Å². The van der Waals surface area contributed by atoms with Gasteiger partial charge in [0.2, 0.25) is 0 Å². The zero-order valence-corrected chi connectivity index (χ0v) is 12.3. The zero-order chi connectivity index (χ0) is 23.1. The Bertz CT molecular complexity index is 919. The van der Waals surface area contributed by atoms with Crippen molar-refractivity contribution in [2.75, 3.05) is 5.32 Å². The molecule has 0 aliphatic rings. The molecule has 5 heteroatoms. The van der Waals surface area contributed by atoms with E-state index in [-0.39, 0.29) is 5.69 Å².